The van der Waals surface area contributed by atoms with Crippen molar-refractivity contribution in [2.45, 2.75) is 76.3 Å². The summed E-state index contributed by atoms with van der Waals surface area (Å²) in [5, 5.41) is 3.56. The molecule has 2 rings (SSSR count). The van der Waals surface area contributed by atoms with E-state index < -0.39 is 0 Å². The topological polar surface area (TPSA) is 29.9 Å². The second kappa shape index (κ2) is 6.52. The number of rotatable bonds is 5. The van der Waals surface area contributed by atoms with Crippen molar-refractivity contribution in [1.82, 2.24) is 14.9 Å². The second-order valence-corrected chi connectivity index (χ2v) is 8.34. The van der Waals surface area contributed by atoms with Crippen molar-refractivity contribution in [2.24, 2.45) is 0 Å². The van der Waals surface area contributed by atoms with Gasteiger partial charge in [0.15, 0.2) is 0 Å². The first-order valence-electron chi connectivity index (χ1n) is 7.73. The number of nitrogens with one attached hydrogen (secondary N) is 1. The molecule has 1 aromatic heterocycles. The van der Waals surface area contributed by atoms with Crippen LogP contribution in [0, 0.1) is 0 Å². The van der Waals surface area contributed by atoms with Crippen LogP contribution >= 0.6 is 11.8 Å². The Balaban J connectivity index is 2.03. The third-order valence-electron chi connectivity index (χ3n) is 4.25. The quantitative estimate of drug-likeness (QED) is 0.895. The van der Waals surface area contributed by atoms with Gasteiger partial charge in [0.05, 0.1) is 12.0 Å². The van der Waals surface area contributed by atoms with E-state index in [9.17, 15) is 0 Å². The number of hydrogen-bond acceptors (Lipinski definition) is 3. The molecule has 0 amide bonds. The summed E-state index contributed by atoms with van der Waals surface area (Å²) in [5.74, 6) is 0. The molecule has 1 aliphatic rings. The highest BCUT2D eigenvalue weighted by Gasteiger charge is 2.32. The summed E-state index contributed by atoms with van der Waals surface area (Å²) in [6, 6.07) is 0. The lowest BCUT2D eigenvalue weighted by Crippen LogP contribution is -2.37. The van der Waals surface area contributed by atoms with Gasteiger partial charge in [0.2, 0.25) is 0 Å². The van der Waals surface area contributed by atoms with E-state index in [1.807, 2.05) is 12.5 Å². The average Bonchev–Trinajstić information content (AvgIpc) is 2.84. The van der Waals surface area contributed by atoms with E-state index in [0.29, 0.717) is 4.75 Å². The lowest BCUT2D eigenvalue weighted by atomic mass is 9.88. The maximum Gasteiger partial charge on any atom is 0.0949 e. The van der Waals surface area contributed by atoms with Crippen LogP contribution in [0.15, 0.2) is 12.5 Å². The Morgan fingerprint density at radius 3 is 2.60 bits per heavy atom. The van der Waals surface area contributed by atoms with Gasteiger partial charge in [-0.15, -0.1) is 0 Å². The zero-order valence-electron chi connectivity index (χ0n) is 13.4. The molecule has 0 aromatic carbocycles. The van der Waals surface area contributed by atoms with Crippen LogP contribution < -0.4 is 5.32 Å². The first-order valence-corrected chi connectivity index (χ1v) is 8.96. The summed E-state index contributed by atoms with van der Waals surface area (Å²) in [6.45, 7) is 8.62. The van der Waals surface area contributed by atoms with Gasteiger partial charge in [-0.3, -0.25) is 0 Å². The standard InChI is InChI=1S/C16H29N3S/c1-15(2,3)18-11-14-10-17-13-19(14)12-16(20-4)8-6-5-7-9-16/h10,13,18H,5-9,11-12H2,1-4H3. The predicted octanol–water partition coefficient (Wildman–Crippen LogP) is 3.84. The Hall–Kier alpha value is -0.480. The number of aromatic nitrogens is 2. The van der Waals surface area contributed by atoms with Crippen molar-refractivity contribution in [3.8, 4) is 0 Å². The Morgan fingerprint density at radius 1 is 1.30 bits per heavy atom. The van der Waals surface area contributed by atoms with Gasteiger partial charge >= 0.3 is 0 Å². The van der Waals surface area contributed by atoms with E-state index in [-0.39, 0.29) is 5.54 Å². The van der Waals surface area contributed by atoms with Gasteiger partial charge in [-0.25, -0.2) is 4.98 Å². The summed E-state index contributed by atoms with van der Waals surface area (Å²) < 4.78 is 2.79. The van der Waals surface area contributed by atoms with E-state index in [1.54, 1.807) is 0 Å². The maximum atomic E-state index is 4.37. The lowest BCUT2D eigenvalue weighted by Gasteiger charge is -2.36. The highest BCUT2D eigenvalue weighted by atomic mass is 32.2. The molecule has 1 aliphatic carbocycles. The number of imidazole rings is 1. The molecule has 0 saturated heterocycles. The van der Waals surface area contributed by atoms with E-state index in [1.165, 1.54) is 37.8 Å². The minimum absolute atomic E-state index is 0.150. The Morgan fingerprint density at radius 2 is 2.00 bits per heavy atom. The molecule has 1 aromatic rings. The van der Waals surface area contributed by atoms with E-state index in [0.717, 1.165) is 13.1 Å². The molecule has 0 spiro atoms. The largest absolute Gasteiger partial charge is 0.332 e. The van der Waals surface area contributed by atoms with Crippen LogP contribution in [0.4, 0.5) is 0 Å². The molecule has 1 N–H and O–H groups in total. The monoisotopic (exact) mass is 295 g/mol. The van der Waals surface area contributed by atoms with Crippen LogP contribution in [-0.2, 0) is 13.1 Å². The number of thioether (sulfide) groups is 1. The smallest absolute Gasteiger partial charge is 0.0949 e. The minimum atomic E-state index is 0.150. The van der Waals surface area contributed by atoms with Crippen LogP contribution in [-0.4, -0.2) is 26.1 Å². The first kappa shape index (κ1) is 15.9. The number of nitrogens with zero attached hydrogens (tertiary/aromatic N) is 2. The van der Waals surface area contributed by atoms with Crippen LogP contribution in [0.2, 0.25) is 0 Å². The minimum Gasteiger partial charge on any atom is -0.332 e. The van der Waals surface area contributed by atoms with Gasteiger partial charge in [0.25, 0.3) is 0 Å². The molecule has 114 valence electrons. The van der Waals surface area contributed by atoms with Gasteiger partial charge in [-0.05, 0) is 39.9 Å². The molecule has 0 atom stereocenters. The summed E-state index contributed by atoms with van der Waals surface area (Å²) in [6.07, 6.45) is 13.1. The highest BCUT2D eigenvalue weighted by Crippen LogP contribution is 2.40. The molecule has 0 bridgehead atoms. The van der Waals surface area contributed by atoms with Crippen molar-refractivity contribution < 1.29 is 0 Å². The van der Waals surface area contributed by atoms with E-state index >= 15 is 0 Å². The molecule has 4 heteroatoms. The highest BCUT2D eigenvalue weighted by molar-refractivity contribution is 8.00. The molecule has 0 radical (unpaired) electrons. The van der Waals surface area contributed by atoms with Crippen molar-refractivity contribution in [2.75, 3.05) is 6.26 Å². The van der Waals surface area contributed by atoms with E-state index in [2.05, 4.69) is 53.7 Å². The zero-order chi connectivity index (χ0) is 14.6. The van der Waals surface area contributed by atoms with Gasteiger partial charge in [0, 0.05) is 29.6 Å². The molecule has 0 unspecified atom stereocenters. The van der Waals surface area contributed by atoms with Gasteiger partial charge in [0.1, 0.15) is 0 Å². The van der Waals surface area contributed by atoms with Crippen LogP contribution in [0.3, 0.4) is 0 Å². The molecular formula is C16H29N3S. The third-order valence-corrected chi connectivity index (χ3v) is 5.66. The van der Waals surface area contributed by atoms with Gasteiger partial charge < -0.3 is 9.88 Å². The van der Waals surface area contributed by atoms with Crippen molar-refractivity contribution >= 4 is 11.8 Å². The summed E-state index contributed by atoms with van der Waals surface area (Å²) >= 11 is 2.05. The van der Waals surface area contributed by atoms with E-state index in [4.69, 9.17) is 0 Å². The second-order valence-electron chi connectivity index (χ2n) is 7.06. The number of hydrogen-bond donors (Lipinski definition) is 1. The molecule has 0 aliphatic heterocycles. The molecule has 3 nitrogen and oxygen atoms in total. The Labute approximate surface area is 127 Å². The Kier molecular flexibility index (Phi) is 5.19. The fourth-order valence-corrected chi connectivity index (χ4v) is 3.89. The fourth-order valence-electron chi connectivity index (χ4n) is 2.93. The van der Waals surface area contributed by atoms with Crippen LogP contribution in [0.5, 0.6) is 0 Å². The first-order chi connectivity index (χ1) is 9.44. The predicted molar refractivity (Wildman–Crippen MR) is 88.2 cm³/mol. The van der Waals surface area contributed by atoms with Gasteiger partial charge in [-0.1, -0.05) is 19.3 Å². The van der Waals surface area contributed by atoms with Crippen molar-refractivity contribution in [1.29, 1.82) is 0 Å². The molecule has 20 heavy (non-hydrogen) atoms. The van der Waals surface area contributed by atoms with Crippen LogP contribution in [0.1, 0.15) is 58.6 Å². The van der Waals surface area contributed by atoms with Crippen molar-refractivity contribution in [3.63, 3.8) is 0 Å². The normalized spacial score (nSPS) is 19.2. The summed E-state index contributed by atoms with van der Waals surface area (Å²) in [4.78, 5) is 4.37. The molecule has 1 saturated carbocycles. The SMILES string of the molecule is CSC1(Cn2cncc2CNC(C)(C)C)CCCCC1. The molecular weight excluding hydrogens is 266 g/mol. The fraction of sp³-hybridized carbons (Fsp3) is 0.812. The summed E-state index contributed by atoms with van der Waals surface area (Å²) in [7, 11) is 0. The Bertz CT molecular complexity index is 414. The molecule has 1 heterocycles. The maximum absolute atomic E-state index is 4.37. The van der Waals surface area contributed by atoms with Crippen LogP contribution in [0.25, 0.3) is 0 Å². The average molecular weight is 295 g/mol. The third kappa shape index (κ3) is 4.26. The lowest BCUT2D eigenvalue weighted by molar-refractivity contribution is 0.350. The molecule has 1 fully saturated rings. The summed E-state index contributed by atoms with van der Waals surface area (Å²) in [5.41, 5.74) is 1.45. The van der Waals surface area contributed by atoms with Crippen molar-refractivity contribution in [3.05, 3.63) is 18.2 Å². The zero-order valence-corrected chi connectivity index (χ0v) is 14.2. The van der Waals surface area contributed by atoms with Gasteiger partial charge in [-0.2, -0.15) is 11.8 Å².